The first kappa shape index (κ1) is 9.71. The molecule has 0 saturated carbocycles. The lowest BCUT2D eigenvalue weighted by Gasteiger charge is -2.34. The van der Waals surface area contributed by atoms with Gasteiger partial charge in [0.15, 0.2) is 0 Å². The number of nitrogens with two attached hydrogens (primary N) is 1. The quantitative estimate of drug-likeness (QED) is 0.771. The fourth-order valence-electron chi connectivity index (χ4n) is 1.09. The van der Waals surface area contributed by atoms with Crippen LogP contribution in [0.4, 0.5) is 0 Å². The van der Waals surface area contributed by atoms with Gasteiger partial charge in [-0.3, -0.25) is 4.90 Å². The third-order valence-corrected chi connectivity index (χ3v) is 3.56. The van der Waals surface area contributed by atoms with E-state index < -0.39 is 0 Å². The smallest absolute Gasteiger partial charge is 0.0644 e. The maximum Gasteiger partial charge on any atom is 0.0644 e. The Morgan fingerprint density at radius 2 is 2.25 bits per heavy atom. The van der Waals surface area contributed by atoms with E-state index in [1.54, 1.807) is 11.3 Å². The van der Waals surface area contributed by atoms with E-state index in [1.807, 2.05) is 0 Å². The van der Waals surface area contributed by atoms with E-state index >= 15 is 0 Å². The molecular weight excluding hydrogens is 168 g/mol. The summed E-state index contributed by atoms with van der Waals surface area (Å²) in [5, 5.41) is 2.09. The van der Waals surface area contributed by atoms with E-state index in [1.165, 1.54) is 4.88 Å². The minimum atomic E-state index is -0.00579. The molecule has 1 aromatic rings. The first-order chi connectivity index (χ1) is 5.61. The Kier molecular flexibility index (Phi) is 2.88. The first-order valence-corrected chi connectivity index (χ1v) is 4.90. The standard InChI is InChI=1S/C9H16N2S/c1-9(7-10,11(2)3)8-5-4-6-12-8/h4-6H,7,10H2,1-3H3/t9-/m0/s1. The Morgan fingerprint density at radius 1 is 1.58 bits per heavy atom. The zero-order chi connectivity index (χ0) is 9.19. The summed E-state index contributed by atoms with van der Waals surface area (Å²) < 4.78 is 0. The molecule has 1 rings (SSSR count). The van der Waals surface area contributed by atoms with Crippen molar-refractivity contribution in [1.82, 2.24) is 4.90 Å². The van der Waals surface area contributed by atoms with Gasteiger partial charge < -0.3 is 5.73 Å². The summed E-state index contributed by atoms with van der Waals surface area (Å²) in [6.07, 6.45) is 0. The Hall–Kier alpha value is -0.380. The molecule has 0 aromatic carbocycles. The number of hydrogen-bond donors (Lipinski definition) is 1. The van der Waals surface area contributed by atoms with Crippen LogP contribution in [-0.2, 0) is 5.54 Å². The molecule has 0 saturated heterocycles. The largest absolute Gasteiger partial charge is 0.328 e. The van der Waals surface area contributed by atoms with Crippen LogP contribution in [0.3, 0.4) is 0 Å². The molecule has 2 nitrogen and oxygen atoms in total. The highest BCUT2D eigenvalue weighted by Gasteiger charge is 2.28. The van der Waals surface area contributed by atoms with Gasteiger partial charge >= 0.3 is 0 Å². The zero-order valence-corrected chi connectivity index (χ0v) is 8.69. The highest BCUT2D eigenvalue weighted by molar-refractivity contribution is 7.10. The van der Waals surface area contributed by atoms with Crippen molar-refractivity contribution in [1.29, 1.82) is 0 Å². The van der Waals surface area contributed by atoms with E-state index in [0.29, 0.717) is 6.54 Å². The molecule has 68 valence electrons. The van der Waals surface area contributed by atoms with Crippen molar-refractivity contribution >= 4 is 11.3 Å². The monoisotopic (exact) mass is 184 g/mol. The Balaban J connectivity index is 2.96. The predicted molar refractivity (Wildman–Crippen MR) is 54.4 cm³/mol. The van der Waals surface area contributed by atoms with Gasteiger partial charge in [-0.2, -0.15) is 0 Å². The van der Waals surface area contributed by atoms with Crippen molar-refractivity contribution in [3.05, 3.63) is 22.4 Å². The molecule has 0 aliphatic heterocycles. The molecule has 0 radical (unpaired) electrons. The Bertz CT molecular complexity index is 231. The summed E-state index contributed by atoms with van der Waals surface area (Å²) in [6.45, 7) is 2.82. The van der Waals surface area contributed by atoms with Crippen molar-refractivity contribution < 1.29 is 0 Å². The van der Waals surface area contributed by atoms with Gasteiger partial charge in [-0.15, -0.1) is 11.3 Å². The SMILES string of the molecule is CN(C)[C@@](C)(CN)c1cccs1. The second-order valence-electron chi connectivity index (χ2n) is 3.35. The summed E-state index contributed by atoms with van der Waals surface area (Å²) in [4.78, 5) is 3.49. The van der Waals surface area contributed by atoms with Gasteiger partial charge in [0.2, 0.25) is 0 Å². The fourth-order valence-corrected chi connectivity index (χ4v) is 2.07. The maximum atomic E-state index is 5.76. The molecule has 0 spiro atoms. The van der Waals surface area contributed by atoms with Gasteiger partial charge in [-0.05, 0) is 32.5 Å². The number of likely N-dealkylation sites (N-methyl/N-ethyl adjacent to an activating group) is 1. The molecule has 0 aliphatic carbocycles. The molecule has 1 aromatic heterocycles. The zero-order valence-electron chi connectivity index (χ0n) is 7.87. The first-order valence-electron chi connectivity index (χ1n) is 4.03. The van der Waals surface area contributed by atoms with Crippen LogP contribution in [0.2, 0.25) is 0 Å². The average molecular weight is 184 g/mol. The fraction of sp³-hybridized carbons (Fsp3) is 0.556. The maximum absolute atomic E-state index is 5.76. The van der Waals surface area contributed by atoms with Gasteiger partial charge in [0, 0.05) is 11.4 Å². The van der Waals surface area contributed by atoms with Crippen LogP contribution in [0.1, 0.15) is 11.8 Å². The van der Waals surface area contributed by atoms with Gasteiger partial charge in [0.25, 0.3) is 0 Å². The second-order valence-corrected chi connectivity index (χ2v) is 4.30. The molecule has 1 heterocycles. The van der Waals surface area contributed by atoms with Crippen LogP contribution in [-0.4, -0.2) is 25.5 Å². The highest BCUT2D eigenvalue weighted by atomic mass is 32.1. The second kappa shape index (κ2) is 3.56. The van der Waals surface area contributed by atoms with Crippen LogP contribution in [0.15, 0.2) is 17.5 Å². The van der Waals surface area contributed by atoms with E-state index in [-0.39, 0.29) is 5.54 Å². The highest BCUT2D eigenvalue weighted by Crippen LogP contribution is 2.28. The molecule has 2 N–H and O–H groups in total. The summed E-state index contributed by atoms with van der Waals surface area (Å²) in [6, 6.07) is 4.20. The molecule has 0 unspecified atom stereocenters. The van der Waals surface area contributed by atoms with Crippen molar-refractivity contribution in [3.8, 4) is 0 Å². The van der Waals surface area contributed by atoms with Crippen LogP contribution in [0.25, 0.3) is 0 Å². The molecule has 0 fully saturated rings. The minimum absolute atomic E-state index is 0.00579. The number of hydrogen-bond acceptors (Lipinski definition) is 3. The lowest BCUT2D eigenvalue weighted by molar-refractivity contribution is 0.187. The van der Waals surface area contributed by atoms with E-state index in [2.05, 4.69) is 43.4 Å². The number of nitrogens with zero attached hydrogens (tertiary/aromatic N) is 1. The molecule has 0 bridgehead atoms. The van der Waals surface area contributed by atoms with Crippen molar-refractivity contribution in [3.63, 3.8) is 0 Å². The van der Waals surface area contributed by atoms with Gasteiger partial charge in [-0.1, -0.05) is 6.07 Å². The normalized spacial score (nSPS) is 16.4. The molecular formula is C9H16N2S. The average Bonchev–Trinajstić information content (AvgIpc) is 2.54. The van der Waals surface area contributed by atoms with Crippen LogP contribution in [0.5, 0.6) is 0 Å². The predicted octanol–water partition coefficient (Wildman–Crippen LogP) is 1.48. The number of thiophene rings is 1. The number of rotatable bonds is 3. The van der Waals surface area contributed by atoms with Crippen molar-refractivity contribution in [2.75, 3.05) is 20.6 Å². The molecule has 0 aliphatic rings. The molecule has 12 heavy (non-hydrogen) atoms. The van der Waals surface area contributed by atoms with Gasteiger partial charge in [0.05, 0.1) is 5.54 Å². The van der Waals surface area contributed by atoms with Gasteiger partial charge in [-0.25, -0.2) is 0 Å². The Morgan fingerprint density at radius 3 is 2.58 bits per heavy atom. The van der Waals surface area contributed by atoms with E-state index in [0.717, 1.165) is 0 Å². The Labute approximate surface area is 78.0 Å². The summed E-state index contributed by atoms with van der Waals surface area (Å²) >= 11 is 1.76. The topological polar surface area (TPSA) is 29.3 Å². The summed E-state index contributed by atoms with van der Waals surface area (Å²) in [5.74, 6) is 0. The lowest BCUT2D eigenvalue weighted by atomic mass is 9.99. The van der Waals surface area contributed by atoms with Crippen molar-refractivity contribution in [2.45, 2.75) is 12.5 Å². The third kappa shape index (κ3) is 1.53. The van der Waals surface area contributed by atoms with Gasteiger partial charge in [0.1, 0.15) is 0 Å². The summed E-state index contributed by atoms with van der Waals surface area (Å²) in [5.41, 5.74) is 5.76. The van der Waals surface area contributed by atoms with Crippen LogP contribution < -0.4 is 5.73 Å². The van der Waals surface area contributed by atoms with E-state index in [4.69, 9.17) is 5.73 Å². The lowest BCUT2D eigenvalue weighted by Crippen LogP contribution is -2.44. The van der Waals surface area contributed by atoms with Crippen molar-refractivity contribution in [2.24, 2.45) is 5.73 Å². The molecule has 3 heteroatoms. The molecule has 1 atom stereocenters. The van der Waals surface area contributed by atoms with E-state index in [9.17, 15) is 0 Å². The van der Waals surface area contributed by atoms with Crippen LogP contribution in [0, 0.1) is 0 Å². The minimum Gasteiger partial charge on any atom is -0.328 e. The molecule has 0 amide bonds. The third-order valence-electron chi connectivity index (χ3n) is 2.44. The van der Waals surface area contributed by atoms with Crippen LogP contribution >= 0.6 is 11.3 Å². The summed E-state index contributed by atoms with van der Waals surface area (Å²) in [7, 11) is 4.12.